The van der Waals surface area contributed by atoms with E-state index in [0.29, 0.717) is 15.7 Å². The molecule has 3 nitrogen and oxygen atoms in total. The first-order chi connectivity index (χ1) is 10.0. The van der Waals surface area contributed by atoms with Gasteiger partial charge in [0.25, 0.3) is 0 Å². The smallest absolute Gasteiger partial charge is 0.119 e. The van der Waals surface area contributed by atoms with Crippen molar-refractivity contribution in [1.82, 2.24) is 5.43 Å². The number of hydrogen-bond acceptors (Lipinski definition) is 5. The van der Waals surface area contributed by atoms with E-state index in [1.165, 1.54) is 5.56 Å². The fourth-order valence-corrected chi connectivity index (χ4v) is 5.53. The molecule has 4 atom stereocenters. The van der Waals surface area contributed by atoms with Crippen molar-refractivity contribution in [2.45, 2.75) is 55.6 Å². The van der Waals surface area contributed by atoms with Crippen molar-refractivity contribution in [3.05, 3.63) is 29.8 Å². The fourth-order valence-electron chi connectivity index (χ4n) is 2.43. The van der Waals surface area contributed by atoms with E-state index in [0.717, 1.165) is 11.5 Å². The van der Waals surface area contributed by atoms with E-state index in [-0.39, 0.29) is 12.1 Å². The van der Waals surface area contributed by atoms with Crippen LogP contribution in [-0.2, 0) is 0 Å². The summed E-state index contributed by atoms with van der Waals surface area (Å²) in [6.45, 7) is 8.69. The lowest BCUT2D eigenvalue weighted by Crippen LogP contribution is -2.40. The number of thioether (sulfide) groups is 2. The Kier molecular flexibility index (Phi) is 6.29. The third-order valence-corrected chi connectivity index (χ3v) is 7.23. The zero-order chi connectivity index (χ0) is 15.4. The molecule has 0 radical (unpaired) electrons. The predicted molar refractivity (Wildman–Crippen MR) is 95.0 cm³/mol. The minimum Gasteiger partial charge on any atom is -0.491 e. The van der Waals surface area contributed by atoms with Gasteiger partial charge in [0.2, 0.25) is 0 Å². The molecule has 0 bridgehead atoms. The van der Waals surface area contributed by atoms with Gasteiger partial charge < -0.3 is 4.74 Å². The summed E-state index contributed by atoms with van der Waals surface area (Å²) in [5, 5.41) is 1.88. The van der Waals surface area contributed by atoms with Crippen LogP contribution in [0.1, 0.15) is 39.3 Å². The Bertz CT molecular complexity index is 438. The highest BCUT2D eigenvalue weighted by molar-refractivity contribution is 8.07. The van der Waals surface area contributed by atoms with Crippen molar-refractivity contribution in [2.75, 3.05) is 5.75 Å². The second kappa shape index (κ2) is 7.77. The number of rotatable bonds is 5. The summed E-state index contributed by atoms with van der Waals surface area (Å²) in [6, 6.07) is 8.50. The number of hydrogen-bond donors (Lipinski definition) is 2. The van der Waals surface area contributed by atoms with Crippen LogP contribution in [0.5, 0.6) is 5.75 Å². The van der Waals surface area contributed by atoms with Crippen LogP contribution in [0.25, 0.3) is 0 Å². The van der Waals surface area contributed by atoms with Gasteiger partial charge in [0, 0.05) is 21.5 Å². The molecule has 1 fully saturated rings. The Morgan fingerprint density at radius 3 is 2.38 bits per heavy atom. The minimum absolute atomic E-state index is 0.186. The molecule has 118 valence electrons. The summed E-state index contributed by atoms with van der Waals surface area (Å²) >= 11 is 4.09. The molecule has 1 saturated heterocycles. The number of ether oxygens (including phenoxy) is 1. The van der Waals surface area contributed by atoms with Crippen molar-refractivity contribution in [3.8, 4) is 5.75 Å². The Balaban J connectivity index is 2.06. The molecule has 3 N–H and O–H groups in total. The quantitative estimate of drug-likeness (QED) is 0.639. The fraction of sp³-hybridized carbons (Fsp3) is 0.625. The minimum atomic E-state index is 0.186. The van der Waals surface area contributed by atoms with Crippen molar-refractivity contribution in [1.29, 1.82) is 0 Å². The lowest BCUT2D eigenvalue weighted by atomic mass is 10.0. The van der Waals surface area contributed by atoms with Gasteiger partial charge in [-0.15, -0.1) is 0 Å². The van der Waals surface area contributed by atoms with Crippen LogP contribution in [0.2, 0.25) is 0 Å². The van der Waals surface area contributed by atoms with Crippen LogP contribution in [-0.4, -0.2) is 27.6 Å². The molecule has 1 aliphatic heterocycles. The molecule has 1 heterocycles. The van der Waals surface area contributed by atoms with Crippen LogP contribution < -0.4 is 16.0 Å². The number of nitrogens with one attached hydrogen (secondary N) is 1. The summed E-state index contributed by atoms with van der Waals surface area (Å²) in [6.07, 6.45) is 0.201. The monoisotopic (exact) mass is 326 g/mol. The second-order valence-electron chi connectivity index (χ2n) is 5.80. The average Bonchev–Trinajstić information content (AvgIpc) is 2.45. The molecular formula is C16H26N2OS2. The van der Waals surface area contributed by atoms with E-state index in [1.54, 1.807) is 0 Å². The molecule has 0 amide bonds. The summed E-state index contributed by atoms with van der Waals surface area (Å²) < 4.78 is 5.70. The Morgan fingerprint density at radius 1 is 1.19 bits per heavy atom. The molecule has 0 saturated carbocycles. The molecule has 2 rings (SSSR count). The van der Waals surface area contributed by atoms with Gasteiger partial charge in [-0.3, -0.25) is 11.3 Å². The number of hydrazine groups is 1. The maximum absolute atomic E-state index is 5.83. The SMILES string of the molecule is CC(C)Oc1ccc(C(NN)C2CSC(C)C(C)S2)cc1. The van der Waals surface area contributed by atoms with Gasteiger partial charge in [0.05, 0.1) is 12.1 Å². The van der Waals surface area contributed by atoms with Crippen LogP contribution in [0, 0.1) is 0 Å². The van der Waals surface area contributed by atoms with E-state index >= 15 is 0 Å². The van der Waals surface area contributed by atoms with E-state index < -0.39 is 0 Å². The molecule has 0 aliphatic carbocycles. The molecule has 5 heteroatoms. The normalized spacial score (nSPS) is 27.6. The van der Waals surface area contributed by atoms with Gasteiger partial charge in [-0.05, 0) is 31.5 Å². The number of nitrogens with two attached hydrogens (primary N) is 1. The molecule has 1 aromatic carbocycles. The molecular weight excluding hydrogens is 300 g/mol. The Labute approximate surface area is 136 Å². The first kappa shape index (κ1) is 17.0. The van der Waals surface area contributed by atoms with E-state index in [4.69, 9.17) is 10.6 Å². The second-order valence-corrected chi connectivity index (χ2v) is 8.83. The van der Waals surface area contributed by atoms with Crippen molar-refractivity contribution in [2.24, 2.45) is 5.84 Å². The summed E-state index contributed by atoms with van der Waals surface area (Å²) in [4.78, 5) is 0. The van der Waals surface area contributed by atoms with Crippen LogP contribution >= 0.6 is 23.5 Å². The highest BCUT2D eigenvalue weighted by Gasteiger charge is 2.31. The zero-order valence-corrected chi connectivity index (χ0v) is 14.8. The van der Waals surface area contributed by atoms with Gasteiger partial charge in [0.1, 0.15) is 5.75 Å². The third-order valence-electron chi connectivity index (χ3n) is 3.74. The lowest BCUT2D eigenvalue weighted by molar-refractivity contribution is 0.242. The standard InChI is InChI=1S/C16H26N2OS2/c1-10(2)19-14-7-5-13(6-8-14)16(18-17)15-9-20-11(3)12(4)21-15/h5-8,10-12,15-16,18H,9,17H2,1-4H3. The molecule has 1 aromatic rings. The topological polar surface area (TPSA) is 47.3 Å². The first-order valence-corrected chi connectivity index (χ1v) is 9.50. The van der Waals surface area contributed by atoms with Gasteiger partial charge in [0.15, 0.2) is 0 Å². The van der Waals surface area contributed by atoms with E-state index in [2.05, 4.69) is 31.4 Å². The molecule has 4 unspecified atom stereocenters. The van der Waals surface area contributed by atoms with Gasteiger partial charge in [-0.2, -0.15) is 23.5 Å². The van der Waals surface area contributed by atoms with Gasteiger partial charge in [-0.1, -0.05) is 26.0 Å². The number of benzene rings is 1. The van der Waals surface area contributed by atoms with Crippen LogP contribution in [0.15, 0.2) is 24.3 Å². The maximum atomic E-state index is 5.83. The first-order valence-electron chi connectivity index (χ1n) is 7.51. The van der Waals surface area contributed by atoms with Gasteiger partial charge >= 0.3 is 0 Å². The summed E-state index contributed by atoms with van der Waals surface area (Å²) in [5.74, 6) is 7.88. The Hall–Kier alpha value is -0.360. The van der Waals surface area contributed by atoms with E-state index in [9.17, 15) is 0 Å². The van der Waals surface area contributed by atoms with Crippen molar-refractivity contribution in [3.63, 3.8) is 0 Å². The molecule has 0 spiro atoms. The average molecular weight is 327 g/mol. The van der Waals surface area contributed by atoms with Crippen molar-refractivity contribution < 1.29 is 4.74 Å². The molecule has 1 aliphatic rings. The summed E-state index contributed by atoms with van der Waals surface area (Å²) in [7, 11) is 0. The van der Waals surface area contributed by atoms with E-state index in [1.807, 2.05) is 49.5 Å². The van der Waals surface area contributed by atoms with Crippen LogP contribution in [0.3, 0.4) is 0 Å². The highest BCUT2D eigenvalue weighted by atomic mass is 32.2. The third kappa shape index (κ3) is 4.55. The zero-order valence-electron chi connectivity index (χ0n) is 13.2. The lowest BCUT2D eigenvalue weighted by Gasteiger charge is -2.35. The predicted octanol–water partition coefficient (Wildman–Crippen LogP) is 3.60. The summed E-state index contributed by atoms with van der Waals surface area (Å²) in [5.41, 5.74) is 4.24. The van der Waals surface area contributed by atoms with Gasteiger partial charge in [-0.25, -0.2) is 0 Å². The molecule has 0 aromatic heterocycles. The maximum Gasteiger partial charge on any atom is 0.119 e. The largest absolute Gasteiger partial charge is 0.491 e. The Morgan fingerprint density at radius 2 is 1.86 bits per heavy atom. The molecule has 21 heavy (non-hydrogen) atoms. The van der Waals surface area contributed by atoms with Crippen molar-refractivity contribution >= 4 is 23.5 Å². The highest BCUT2D eigenvalue weighted by Crippen LogP contribution is 2.40. The van der Waals surface area contributed by atoms with Crippen LogP contribution in [0.4, 0.5) is 0 Å².